The lowest BCUT2D eigenvalue weighted by atomic mass is 9.94. The lowest BCUT2D eigenvalue weighted by Crippen LogP contribution is -2.58. The fourth-order valence-corrected chi connectivity index (χ4v) is 4.51. The molecule has 0 saturated heterocycles. The first-order chi connectivity index (χ1) is 15.4. The summed E-state index contributed by atoms with van der Waals surface area (Å²) in [7, 11) is 0. The molecule has 5 nitrogen and oxygen atoms in total. The van der Waals surface area contributed by atoms with Crippen LogP contribution in [0.4, 0.5) is 13.6 Å². The van der Waals surface area contributed by atoms with Gasteiger partial charge in [-0.05, 0) is 75.3 Å². The van der Waals surface area contributed by atoms with E-state index in [9.17, 15) is 23.8 Å². The second-order valence-corrected chi connectivity index (χ2v) is 9.96. The van der Waals surface area contributed by atoms with E-state index in [1.54, 1.807) is 20.8 Å². The number of nitrogens with one attached hydrogen (secondary N) is 1. The van der Waals surface area contributed by atoms with Crippen molar-refractivity contribution in [2.75, 3.05) is 6.54 Å². The molecule has 0 aliphatic heterocycles. The van der Waals surface area contributed by atoms with Crippen LogP contribution in [0.25, 0.3) is 0 Å². The predicted octanol–water partition coefficient (Wildman–Crippen LogP) is 4.86. The van der Waals surface area contributed by atoms with Crippen LogP contribution in [0.5, 0.6) is 0 Å². The number of benzene rings is 2. The summed E-state index contributed by atoms with van der Waals surface area (Å²) in [6.07, 6.45) is 0.485. The number of aliphatic hydroxyl groups is 1. The number of hydrogen-bond acceptors (Lipinski definition) is 3. The van der Waals surface area contributed by atoms with Crippen molar-refractivity contribution in [2.24, 2.45) is 0 Å². The predicted molar refractivity (Wildman–Crippen MR) is 124 cm³/mol. The monoisotopic (exact) mass is 460 g/mol. The van der Waals surface area contributed by atoms with Crippen LogP contribution in [-0.4, -0.2) is 45.4 Å². The van der Waals surface area contributed by atoms with E-state index in [1.807, 2.05) is 6.07 Å². The summed E-state index contributed by atoms with van der Waals surface area (Å²) < 4.78 is 27.6. The van der Waals surface area contributed by atoms with Gasteiger partial charge in [0.05, 0.1) is 12.1 Å². The fraction of sp³-hybridized carbons (Fsp3) is 0.500. The van der Waals surface area contributed by atoms with Crippen LogP contribution in [0.1, 0.15) is 57.2 Å². The first-order valence-electron chi connectivity index (χ1n) is 11.4. The van der Waals surface area contributed by atoms with E-state index in [0.717, 1.165) is 30.9 Å². The van der Waals surface area contributed by atoms with Gasteiger partial charge in [-0.2, -0.15) is 0 Å². The molecule has 3 N–H and O–H groups in total. The standard InChI is InChI=1S/C26H34F2N2O3/c1-5-17-7-6-8-19(11-17)26(9-10-26)29-16-23(31)22(30(24(32)33)25(2,3)4)14-18-12-20(27)15-21(28)13-18/h6-8,11-13,15,22-23,29,31H,5,9-10,14,16H2,1-4H3,(H,32,33)/t22-,23+/m0/s1. The highest BCUT2D eigenvalue weighted by Gasteiger charge is 2.45. The van der Waals surface area contributed by atoms with E-state index >= 15 is 0 Å². The van der Waals surface area contributed by atoms with Crippen molar-refractivity contribution >= 4 is 6.09 Å². The highest BCUT2D eigenvalue weighted by atomic mass is 19.1. The summed E-state index contributed by atoms with van der Waals surface area (Å²) in [4.78, 5) is 13.3. The lowest BCUT2D eigenvalue weighted by Gasteiger charge is -2.42. The van der Waals surface area contributed by atoms with Gasteiger partial charge in [-0.3, -0.25) is 4.90 Å². The zero-order valence-electron chi connectivity index (χ0n) is 19.7. The van der Waals surface area contributed by atoms with Gasteiger partial charge in [-0.15, -0.1) is 0 Å². The molecule has 1 saturated carbocycles. The SMILES string of the molecule is CCc1cccc(C2(NC[C@@H](O)[C@H](Cc3cc(F)cc(F)c3)N(C(=O)O)C(C)(C)C)CC2)c1. The molecule has 0 bridgehead atoms. The van der Waals surface area contributed by atoms with Crippen molar-refractivity contribution in [1.29, 1.82) is 0 Å². The molecule has 7 heteroatoms. The van der Waals surface area contributed by atoms with Crippen LogP contribution in [0.2, 0.25) is 0 Å². The Morgan fingerprint density at radius 3 is 2.27 bits per heavy atom. The molecule has 33 heavy (non-hydrogen) atoms. The number of carboxylic acid groups (broad SMARTS) is 1. The van der Waals surface area contributed by atoms with Crippen molar-refractivity contribution in [3.05, 3.63) is 70.8 Å². The molecule has 2 aromatic rings. The number of carbonyl (C=O) groups is 1. The van der Waals surface area contributed by atoms with E-state index in [1.165, 1.54) is 22.6 Å². The molecule has 0 heterocycles. The van der Waals surface area contributed by atoms with Crippen LogP contribution >= 0.6 is 0 Å². The van der Waals surface area contributed by atoms with Gasteiger partial charge in [0, 0.05) is 23.7 Å². The second kappa shape index (κ2) is 9.77. The first-order valence-corrected chi connectivity index (χ1v) is 11.4. The smallest absolute Gasteiger partial charge is 0.408 e. The molecule has 180 valence electrons. The number of aryl methyl sites for hydroxylation is 1. The van der Waals surface area contributed by atoms with E-state index < -0.39 is 35.4 Å². The Morgan fingerprint density at radius 2 is 1.76 bits per heavy atom. The topological polar surface area (TPSA) is 72.8 Å². The van der Waals surface area contributed by atoms with E-state index in [2.05, 4.69) is 30.4 Å². The van der Waals surface area contributed by atoms with Crippen molar-refractivity contribution < 1.29 is 23.8 Å². The van der Waals surface area contributed by atoms with E-state index in [-0.39, 0.29) is 18.5 Å². The van der Waals surface area contributed by atoms with Crippen molar-refractivity contribution in [1.82, 2.24) is 10.2 Å². The number of nitrogens with zero attached hydrogens (tertiary/aromatic N) is 1. The minimum Gasteiger partial charge on any atom is -0.465 e. The summed E-state index contributed by atoms with van der Waals surface area (Å²) in [5.74, 6) is -1.47. The normalized spacial score (nSPS) is 16.8. The molecular formula is C26H34F2N2O3. The Kier molecular flexibility index (Phi) is 7.44. The number of amides is 1. The second-order valence-electron chi connectivity index (χ2n) is 9.96. The maximum absolute atomic E-state index is 13.8. The van der Waals surface area contributed by atoms with Gasteiger partial charge in [-0.25, -0.2) is 13.6 Å². The Labute approximate surface area is 194 Å². The van der Waals surface area contributed by atoms with Gasteiger partial charge in [0.25, 0.3) is 0 Å². The minimum absolute atomic E-state index is 0.0145. The Balaban J connectivity index is 1.84. The zero-order chi connectivity index (χ0) is 24.4. The van der Waals surface area contributed by atoms with Crippen LogP contribution < -0.4 is 5.32 Å². The molecule has 0 spiro atoms. The Morgan fingerprint density at radius 1 is 1.12 bits per heavy atom. The number of rotatable bonds is 9. The molecule has 1 fully saturated rings. The van der Waals surface area contributed by atoms with Gasteiger partial charge in [-0.1, -0.05) is 31.2 Å². The summed E-state index contributed by atoms with van der Waals surface area (Å²) in [5, 5.41) is 24.6. The van der Waals surface area contributed by atoms with Crippen LogP contribution in [-0.2, 0) is 18.4 Å². The molecule has 0 radical (unpaired) electrons. The average Bonchev–Trinajstić information content (AvgIpc) is 3.51. The largest absolute Gasteiger partial charge is 0.465 e. The van der Waals surface area contributed by atoms with Crippen molar-refractivity contribution in [3.8, 4) is 0 Å². The van der Waals surface area contributed by atoms with Gasteiger partial charge in [0.1, 0.15) is 11.6 Å². The molecule has 1 aliphatic rings. The zero-order valence-corrected chi connectivity index (χ0v) is 19.7. The van der Waals surface area contributed by atoms with E-state index in [4.69, 9.17) is 0 Å². The first kappa shape index (κ1) is 25.1. The van der Waals surface area contributed by atoms with Crippen LogP contribution in [0.15, 0.2) is 42.5 Å². The van der Waals surface area contributed by atoms with Crippen LogP contribution in [0, 0.1) is 11.6 Å². The third-order valence-electron chi connectivity index (χ3n) is 6.36. The molecule has 1 amide bonds. The minimum atomic E-state index is -1.19. The summed E-state index contributed by atoms with van der Waals surface area (Å²) in [5.41, 5.74) is 1.62. The van der Waals surface area contributed by atoms with Crippen LogP contribution in [0.3, 0.4) is 0 Å². The van der Waals surface area contributed by atoms with Gasteiger partial charge >= 0.3 is 6.09 Å². The molecule has 2 atom stereocenters. The lowest BCUT2D eigenvalue weighted by molar-refractivity contribution is 0.00644. The van der Waals surface area contributed by atoms with Gasteiger partial charge < -0.3 is 15.5 Å². The van der Waals surface area contributed by atoms with Gasteiger partial charge in [0.2, 0.25) is 0 Å². The maximum Gasteiger partial charge on any atom is 0.408 e. The van der Waals surface area contributed by atoms with Crippen molar-refractivity contribution in [2.45, 2.75) is 76.6 Å². The highest BCUT2D eigenvalue weighted by molar-refractivity contribution is 5.66. The number of halogens is 2. The average molecular weight is 461 g/mol. The fourth-order valence-electron chi connectivity index (χ4n) is 4.51. The third kappa shape index (κ3) is 6.09. The van der Waals surface area contributed by atoms with E-state index in [0.29, 0.717) is 5.56 Å². The molecular weight excluding hydrogens is 426 g/mol. The Hall–Kier alpha value is -2.51. The molecule has 1 aliphatic carbocycles. The number of hydrogen-bond donors (Lipinski definition) is 3. The number of aliphatic hydroxyl groups excluding tert-OH is 1. The quantitative estimate of drug-likeness (QED) is 0.500. The molecule has 0 unspecified atom stereocenters. The Bertz CT molecular complexity index is 965. The highest BCUT2D eigenvalue weighted by Crippen LogP contribution is 2.45. The third-order valence-corrected chi connectivity index (χ3v) is 6.36. The molecule has 3 rings (SSSR count). The summed E-state index contributed by atoms with van der Waals surface area (Å²) in [6, 6.07) is 10.6. The molecule has 0 aromatic heterocycles. The van der Waals surface area contributed by atoms with Crippen molar-refractivity contribution in [3.63, 3.8) is 0 Å². The summed E-state index contributed by atoms with van der Waals surface area (Å²) >= 11 is 0. The maximum atomic E-state index is 13.8. The summed E-state index contributed by atoms with van der Waals surface area (Å²) in [6.45, 7) is 7.46. The molecule has 2 aromatic carbocycles. The van der Waals surface area contributed by atoms with Gasteiger partial charge in [0.15, 0.2) is 0 Å².